The van der Waals surface area contributed by atoms with Crippen LogP contribution in [0.3, 0.4) is 0 Å². The van der Waals surface area contributed by atoms with Crippen molar-refractivity contribution in [3.63, 3.8) is 0 Å². The van der Waals surface area contributed by atoms with Gasteiger partial charge in [-0.1, -0.05) is 11.6 Å². The fourth-order valence-corrected chi connectivity index (χ4v) is 1.87. The monoisotopic (exact) mass is 282 g/mol. The summed E-state index contributed by atoms with van der Waals surface area (Å²) in [4.78, 5) is 20.2. The van der Waals surface area contributed by atoms with E-state index in [1.54, 1.807) is 6.92 Å². The maximum absolute atomic E-state index is 11.0. The maximum Gasteiger partial charge on any atom is 0.301 e. The van der Waals surface area contributed by atoms with Gasteiger partial charge in [0.25, 0.3) is 5.69 Å². The summed E-state index contributed by atoms with van der Waals surface area (Å²) >= 11 is 5.90. The van der Waals surface area contributed by atoms with Gasteiger partial charge in [0.05, 0.1) is 21.6 Å². The van der Waals surface area contributed by atoms with Crippen LogP contribution in [-0.4, -0.2) is 19.6 Å². The van der Waals surface area contributed by atoms with Crippen LogP contribution < -0.4 is 0 Å². The molecule has 0 aliphatic carbocycles. The summed E-state index contributed by atoms with van der Waals surface area (Å²) in [6.45, 7) is 1.68. The topological polar surface area (TPSA) is 104 Å². The van der Waals surface area contributed by atoms with Gasteiger partial charge in [0.15, 0.2) is 0 Å². The van der Waals surface area contributed by atoms with Crippen LogP contribution >= 0.6 is 11.6 Å². The molecule has 0 atom stereocenters. The minimum atomic E-state index is -0.713. The van der Waals surface area contributed by atoms with Gasteiger partial charge in [-0.3, -0.25) is 20.2 Å². The van der Waals surface area contributed by atoms with Crippen LogP contribution in [0.5, 0.6) is 0 Å². The van der Waals surface area contributed by atoms with Crippen molar-refractivity contribution < 1.29 is 9.85 Å². The van der Waals surface area contributed by atoms with Gasteiger partial charge in [-0.2, -0.15) is 5.10 Å². The quantitative estimate of drug-likeness (QED) is 0.635. The Bertz CT molecular complexity index is 682. The summed E-state index contributed by atoms with van der Waals surface area (Å²) < 4.78 is 1.17. The van der Waals surface area contributed by atoms with Crippen LogP contribution in [0.25, 0.3) is 5.69 Å². The van der Waals surface area contributed by atoms with Gasteiger partial charge in [-0.25, -0.2) is 4.68 Å². The van der Waals surface area contributed by atoms with E-state index in [-0.39, 0.29) is 16.5 Å². The molecule has 1 aromatic carbocycles. The molecule has 0 spiro atoms. The van der Waals surface area contributed by atoms with Gasteiger partial charge in [0.1, 0.15) is 10.8 Å². The van der Waals surface area contributed by atoms with Crippen LogP contribution in [0, 0.1) is 27.2 Å². The van der Waals surface area contributed by atoms with Crippen LogP contribution in [0.1, 0.15) is 5.69 Å². The number of hydrogen-bond donors (Lipinski definition) is 0. The second kappa shape index (κ2) is 4.65. The third kappa shape index (κ3) is 2.38. The summed E-state index contributed by atoms with van der Waals surface area (Å²) in [7, 11) is 0. The number of non-ortho nitro benzene ring substituents is 1. The fraction of sp³-hybridized carbons (Fsp3) is 0.100. The molecule has 2 rings (SSSR count). The number of rotatable bonds is 3. The molecule has 0 saturated carbocycles. The van der Waals surface area contributed by atoms with Crippen molar-refractivity contribution in [3.8, 4) is 5.69 Å². The first-order valence-electron chi connectivity index (χ1n) is 5.05. The Balaban J connectivity index is 2.66. The standard InChI is InChI=1S/C10H7ClN4O4/c1-6-4-10(11)13(12-6)8-3-2-7(14(16)17)5-9(8)15(18)19/h2-5H,1H3. The molecule has 1 aromatic heterocycles. The maximum atomic E-state index is 11.0. The van der Waals surface area contributed by atoms with Crippen molar-refractivity contribution in [2.24, 2.45) is 0 Å². The van der Waals surface area contributed by atoms with E-state index in [1.807, 2.05) is 0 Å². The van der Waals surface area contributed by atoms with Crippen LogP contribution in [0.15, 0.2) is 24.3 Å². The number of nitro benzene ring substituents is 2. The molecule has 0 amide bonds. The van der Waals surface area contributed by atoms with Gasteiger partial charge in [-0.15, -0.1) is 0 Å². The molecule has 0 saturated heterocycles. The SMILES string of the molecule is Cc1cc(Cl)n(-c2ccc([N+](=O)[O-])cc2[N+](=O)[O-])n1. The zero-order chi connectivity index (χ0) is 14.2. The van der Waals surface area contributed by atoms with Gasteiger partial charge in [-0.05, 0) is 19.1 Å². The molecule has 0 N–H and O–H groups in total. The molecule has 0 aliphatic heterocycles. The van der Waals surface area contributed by atoms with E-state index in [0.29, 0.717) is 5.69 Å². The number of aromatic nitrogens is 2. The highest BCUT2D eigenvalue weighted by Crippen LogP contribution is 2.29. The lowest BCUT2D eigenvalue weighted by Crippen LogP contribution is -2.03. The van der Waals surface area contributed by atoms with Crippen molar-refractivity contribution in [3.05, 3.63) is 55.3 Å². The predicted molar refractivity (Wildman–Crippen MR) is 66.6 cm³/mol. The first kappa shape index (κ1) is 13.0. The van der Waals surface area contributed by atoms with E-state index in [2.05, 4.69) is 5.10 Å². The average molecular weight is 283 g/mol. The number of hydrogen-bond acceptors (Lipinski definition) is 5. The largest absolute Gasteiger partial charge is 0.301 e. The Morgan fingerprint density at radius 2 is 1.89 bits per heavy atom. The Hall–Kier alpha value is -2.48. The molecule has 9 heteroatoms. The minimum Gasteiger partial charge on any atom is -0.258 e. The molecule has 0 unspecified atom stereocenters. The van der Waals surface area contributed by atoms with Gasteiger partial charge < -0.3 is 0 Å². The van der Waals surface area contributed by atoms with Crippen LogP contribution in [-0.2, 0) is 0 Å². The number of nitrogens with zero attached hydrogens (tertiary/aromatic N) is 4. The lowest BCUT2D eigenvalue weighted by atomic mass is 10.2. The molecule has 8 nitrogen and oxygen atoms in total. The molecular formula is C10H7ClN4O4. The van der Waals surface area contributed by atoms with Crippen molar-refractivity contribution in [2.45, 2.75) is 6.92 Å². The van der Waals surface area contributed by atoms with Crippen molar-refractivity contribution in [1.82, 2.24) is 9.78 Å². The number of nitro groups is 2. The lowest BCUT2D eigenvalue weighted by Gasteiger charge is -2.04. The summed E-state index contributed by atoms with van der Waals surface area (Å²) in [5.74, 6) is 0. The summed E-state index contributed by atoms with van der Waals surface area (Å²) in [6, 6.07) is 4.82. The van der Waals surface area contributed by atoms with E-state index < -0.39 is 15.5 Å². The van der Waals surface area contributed by atoms with Crippen LogP contribution in [0.2, 0.25) is 5.15 Å². The Morgan fingerprint density at radius 3 is 2.37 bits per heavy atom. The number of aryl methyl sites for hydroxylation is 1. The first-order chi connectivity index (χ1) is 8.90. The Labute approximate surface area is 111 Å². The van der Waals surface area contributed by atoms with E-state index in [1.165, 1.54) is 16.8 Å². The highest BCUT2D eigenvalue weighted by molar-refractivity contribution is 6.29. The van der Waals surface area contributed by atoms with Gasteiger partial charge >= 0.3 is 5.69 Å². The van der Waals surface area contributed by atoms with E-state index >= 15 is 0 Å². The molecule has 0 fully saturated rings. The molecule has 98 valence electrons. The van der Waals surface area contributed by atoms with Crippen molar-refractivity contribution in [2.75, 3.05) is 0 Å². The smallest absolute Gasteiger partial charge is 0.258 e. The average Bonchev–Trinajstić information content (AvgIpc) is 2.67. The highest BCUT2D eigenvalue weighted by atomic mass is 35.5. The predicted octanol–water partition coefficient (Wildman–Crippen LogP) is 2.65. The third-order valence-electron chi connectivity index (χ3n) is 2.38. The van der Waals surface area contributed by atoms with Crippen LogP contribution in [0.4, 0.5) is 11.4 Å². The molecule has 1 heterocycles. The summed E-state index contributed by atoms with van der Waals surface area (Å²) in [6.07, 6.45) is 0. The zero-order valence-electron chi connectivity index (χ0n) is 9.61. The minimum absolute atomic E-state index is 0.0775. The second-order valence-corrected chi connectivity index (χ2v) is 4.09. The lowest BCUT2D eigenvalue weighted by molar-refractivity contribution is -0.394. The summed E-state index contributed by atoms with van der Waals surface area (Å²) in [5.41, 5.74) is -0.138. The molecule has 19 heavy (non-hydrogen) atoms. The van der Waals surface area contributed by atoms with Crippen molar-refractivity contribution in [1.29, 1.82) is 0 Å². The molecule has 0 aliphatic rings. The van der Waals surface area contributed by atoms with Gasteiger partial charge in [0, 0.05) is 6.07 Å². The third-order valence-corrected chi connectivity index (χ3v) is 2.65. The molecule has 2 aromatic rings. The van der Waals surface area contributed by atoms with Gasteiger partial charge in [0.2, 0.25) is 0 Å². The zero-order valence-corrected chi connectivity index (χ0v) is 10.4. The van der Waals surface area contributed by atoms with E-state index in [9.17, 15) is 20.2 Å². The van der Waals surface area contributed by atoms with E-state index in [4.69, 9.17) is 11.6 Å². The first-order valence-corrected chi connectivity index (χ1v) is 5.43. The molecular weight excluding hydrogens is 276 g/mol. The highest BCUT2D eigenvalue weighted by Gasteiger charge is 2.22. The normalized spacial score (nSPS) is 10.4. The molecule has 0 radical (unpaired) electrons. The number of halogens is 1. The fourth-order valence-electron chi connectivity index (χ4n) is 1.59. The number of benzene rings is 1. The Morgan fingerprint density at radius 1 is 1.21 bits per heavy atom. The second-order valence-electron chi connectivity index (χ2n) is 3.71. The summed E-state index contributed by atoms with van der Waals surface area (Å²) in [5, 5.41) is 25.8. The molecule has 0 bridgehead atoms. The van der Waals surface area contributed by atoms with E-state index in [0.717, 1.165) is 12.1 Å². The Kier molecular flexibility index (Phi) is 3.17. The van der Waals surface area contributed by atoms with Crippen molar-refractivity contribution >= 4 is 23.0 Å².